The highest BCUT2D eigenvalue weighted by atomic mass is 16.5. The molecule has 11 nitrogen and oxygen atoms in total. The van der Waals surface area contributed by atoms with E-state index in [1.54, 1.807) is 43.2 Å². The normalized spacial score (nSPS) is 20.7. The third kappa shape index (κ3) is 6.73. The average Bonchev–Trinajstić information content (AvgIpc) is 3.84. The van der Waals surface area contributed by atoms with Crippen LogP contribution in [0.2, 0.25) is 0 Å². The summed E-state index contributed by atoms with van der Waals surface area (Å²) in [5, 5.41) is 21.0. The van der Waals surface area contributed by atoms with Crippen molar-refractivity contribution in [2.45, 2.75) is 63.8 Å². The van der Waals surface area contributed by atoms with Gasteiger partial charge in [-0.25, -0.2) is 0 Å². The molecule has 11 heteroatoms. The number of nitrogens with zero attached hydrogens (tertiary/aromatic N) is 4. The highest BCUT2D eigenvalue weighted by molar-refractivity contribution is 6.09. The Bertz CT molecular complexity index is 2100. The lowest BCUT2D eigenvalue weighted by Gasteiger charge is -2.38. The number of anilines is 2. The van der Waals surface area contributed by atoms with E-state index in [1.165, 1.54) is 0 Å². The Morgan fingerprint density at radius 1 is 0.963 bits per heavy atom. The number of rotatable bonds is 13. The van der Waals surface area contributed by atoms with Gasteiger partial charge in [0.1, 0.15) is 11.5 Å². The molecule has 2 amide bonds. The van der Waals surface area contributed by atoms with Gasteiger partial charge in [0.05, 0.1) is 38.2 Å². The van der Waals surface area contributed by atoms with Crippen molar-refractivity contribution in [3.05, 3.63) is 131 Å². The maximum absolute atomic E-state index is 15.2. The molecule has 2 aliphatic heterocycles. The van der Waals surface area contributed by atoms with Crippen molar-refractivity contribution in [2.24, 2.45) is 11.8 Å². The Labute approximate surface area is 315 Å². The molecule has 0 saturated carbocycles. The van der Waals surface area contributed by atoms with Crippen molar-refractivity contribution in [3.8, 4) is 11.5 Å². The van der Waals surface area contributed by atoms with Crippen molar-refractivity contribution >= 4 is 23.2 Å². The fourth-order valence-corrected chi connectivity index (χ4v) is 8.47. The van der Waals surface area contributed by atoms with E-state index in [4.69, 9.17) is 14.2 Å². The first-order chi connectivity index (χ1) is 26.1. The zero-order chi connectivity index (χ0) is 38.0. The zero-order valence-electron chi connectivity index (χ0n) is 31.4. The van der Waals surface area contributed by atoms with Crippen molar-refractivity contribution in [1.29, 1.82) is 0 Å². The SMILES string of the molecule is COc1ccc(C(=O)Nc2ccc3c(c2)[C@@]2(O[C@H](CCn4cc(CCO)nn4)[C@@H](C(C)(C)c4ccc(OC)cc4)[C@@H]2C)C(=O)N3Cc2ccccc2)cc1. The predicted octanol–water partition coefficient (Wildman–Crippen LogP) is 6.54. The molecule has 2 N–H and O–H groups in total. The molecule has 0 aliphatic carbocycles. The number of aliphatic hydroxyl groups excluding tert-OH is 1. The van der Waals surface area contributed by atoms with Crippen molar-refractivity contribution < 1.29 is 28.9 Å². The highest BCUT2D eigenvalue weighted by Crippen LogP contribution is 2.60. The van der Waals surface area contributed by atoms with Crippen molar-refractivity contribution in [2.75, 3.05) is 31.0 Å². The van der Waals surface area contributed by atoms with Crippen LogP contribution in [-0.2, 0) is 40.1 Å². The second-order valence-electron chi connectivity index (χ2n) is 14.7. The highest BCUT2D eigenvalue weighted by Gasteiger charge is 2.66. The summed E-state index contributed by atoms with van der Waals surface area (Å²) in [6, 6.07) is 30.6. The number of carbonyl (C=O) groups is 2. The van der Waals surface area contributed by atoms with Crippen LogP contribution in [0.5, 0.6) is 11.5 Å². The number of aromatic nitrogens is 3. The molecule has 1 saturated heterocycles. The van der Waals surface area contributed by atoms with Crippen LogP contribution in [0.25, 0.3) is 0 Å². The fraction of sp³-hybridized carbons (Fsp3) is 0.349. The number of benzene rings is 4. The van der Waals surface area contributed by atoms with Gasteiger partial charge in [0.15, 0.2) is 5.60 Å². The number of hydrogen-bond acceptors (Lipinski definition) is 8. The van der Waals surface area contributed by atoms with E-state index in [0.29, 0.717) is 48.6 Å². The van der Waals surface area contributed by atoms with Gasteiger partial charge in [0.2, 0.25) is 0 Å². The van der Waals surface area contributed by atoms with Crippen LogP contribution in [0, 0.1) is 11.8 Å². The van der Waals surface area contributed by atoms with Crippen molar-refractivity contribution in [1.82, 2.24) is 15.0 Å². The molecular weight excluding hydrogens is 683 g/mol. The van der Waals surface area contributed by atoms with Gasteiger partial charge in [-0.3, -0.25) is 14.3 Å². The number of methoxy groups -OCH3 is 2. The lowest BCUT2D eigenvalue weighted by atomic mass is 9.63. The summed E-state index contributed by atoms with van der Waals surface area (Å²) < 4.78 is 19.8. The lowest BCUT2D eigenvalue weighted by molar-refractivity contribution is -0.146. The minimum absolute atomic E-state index is 0.00781. The topological polar surface area (TPSA) is 128 Å². The molecule has 7 rings (SSSR count). The molecule has 54 heavy (non-hydrogen) atoms. The maximum Gasteiger partial charge on any atom is 0.264 e. The van der Waals surface area contributed by atoms with Gasteiger partial charge in [-0.05, 0) is 77.6 Å². The van der Waals surface area contributed by atoms with Crippen LogP contribution >= 0.6 is 0 Å². The predicted molar refractivity (Wildman–Crippen MR) is 206 cm³/mol. The van der Waals surface area contributed by atoms with E-state index < -0.39 is 11.0 Å². The number of aryl methyl sites for hydroxylation is 1. The summed E-state index contributed by atoms with van der Waals surface area (Å²) in [5.74, 6) is 0.603. The molecule has 5 aromatic rings. The van der Waals surface area contributed by atoms with Gasteiger partial charge in [-0.2, -0.15) is 0 Å². The molecule has 4 atom stereocenters. The number of amides is 2. The van der Waals surface area contributed by atoms with Gasteiger partial charge >= 0.3 is 0 Å². The lowest BCUT2D eigenvalue weighted by Crippen LogP contribution is -2.45. The molecular formula is C43H47N5O6. The summed E-state index contributed by atoms with van der Waals surface area (Å²) in [6.45, 7) is 7.42. The van der Waals surface area contributed by atoms with Gasteiger partial charge in [-0.15, -0.1) is 5.10 Å². The Hall–Kier alpha value is -5.52. The standard InChI is InChI=1S/C43H47N5O6/c1-28-39(42(2,3)31-13-18-35(53-5)19-14-31)38(21-23-47-27-33(22-24-49)45-46-47)54-43(28)36-25-32(44-40(50)30-11-16-34(52-4)17-12-30)15-20-37(36)48(41(43)51)26-29-9-7-6-8-10-29/h6-20,25,27-28,38-39,49H,21-24,26H2,1-5H3,(H,44,50)/t28-,38+,39-,43+/m0/s1. The van der Waals surface area contributed by atoms with E-state index >= 15 is 4.79 Å². The number of ether oxygens (including phenoxy) is 3. The molecule has 0 radical (unpaired) electrons. The average molecular weight is 730 g/mol. The van der Waals surface area contributed by atoms with Crippen LogP contribution in [0.1, 0.15) is 59.9 Å². The largest absolute Gasteiger partial charge is 0.497 e. The van der Waals surface area contributed by atoms with Crippen LogP contribution in [0.15, 0.2) is 103 Å². The smallest absolute Gasteiger partial charge is 0.264 e. The summed E-state index contributed by atoms with van der Waals surface area (Å²) in [5.41, 5.74) is 3.55. The van der Waals surface area contributed by atoms with Gasteiger partial charge < -0.3 is 29.5 Å². The molecule has 0 unspecified atom stereocenters. The first kappa shape index (κ1) is 36.8. The second kappa shape index (κ2) is 15.1. The molecule has 1 spiro atoms. The second-order valence-corrected chi connectivity index (χ2v) is 14.7. The number of carbonyl (C=O) groups excluding carboxylic acids is 2. The number of aliphatic hydroxyl groups is 1. The van der Waals surface area contributed by atoms with E-state index in [0.717, 1.165) is 28.1 Å². The Kier molecular flexibility index (Phi) is 10.3. The number of hydrogen-bond donors (Lipinski definition) is 2. The maximum atomic E-state index is 15.2. The van der Waals surface area contributed by atoms with Crippen LogP contribution < -0.4 is 19.7 Å². The summed E-state index contributed by atoms with van der Waals surface area (Å²) >= 11 is 0. The van der Waals surface area contributed by atoms with Crippen molar-refractivity contribution in [3.63, 3.8) is 0 Å². The fourth-order valence-electron chi connectivity index (χ4n) is 8.47. The van der Waals surface area contributed by atoms with E-state index in [-0.39, 0.29) is 36.4 Å². The first-order valence-electron chi connectivity index (χ1n) is 18.4. The van der Waals surface area contributed by atoms with E-state index in [1.807, 2.05) is 71.8 Å². The summed E-state index contributed by atoms with van der Waals surface area (Å²) in [6.07, 6.45) is 2.47. The van der Waals surface area contributed by atoms with Gasteiger partial charge in [0, 0.05) is 54.4 Å². The molecule has 3 heterocycles. The Morgan fingerprint density at radius 3 is 2.31 bits per heavy atom. The first-order valence-corrected chi connectivity index (χ1v) is 18.4. The quantitative estimate of drug-likeness (QED) is 0.140. The molecule has 4 aromatic carbocycles. The van der Waals surface area contributed by atoms with Crippen LogP contribution in [-0.4, -0.2) is 58.8 Å². The third-order valence-corrected chi connectivity index (χ3v) is 11.2. The molecule has 2 aliphatic rings. The van der Waals surface area contributed by atoms with Gasteiger partial charge in [0.25, 0.3) is 11.8 Å². The van der Waals surface area contributed by atoms with Gasteiger partial charge in [-0.1, -0.05) is 68.4 Å². The molecule has 0 bridgehead atoms. The number of nitrogens with one attached hydrogen (secondary N) is 1. The van der Waals surface area contributed by atoms with Crippen LogP contribution in [0.4, 0.5) is 11.4 Å². The zero-order valence-corrected chi connectivity index (χ0v) is 31.4. The number of fused-ring (bicyclic) bond motifs is 2. The third-order valence-electron chi connectivity index (χ3n) is 11.2. The van der Waals surface area contributed by atoms with Crippen LogP contribution in [0.3, 0.4) is 0 Å². The van der Waals surface area contributed by atoms with E-state index in [2.05, 4.69) is 48.5 Å². The Morgan fingerprint density at radius 2 is 1.65 bits per heavy atom. The molecule has 280 valence electrons. The summed E-state index contributed by atoms with van der Waals surface area (Å²) in [7, 11) is 3.24. The molecule has 1 aromatic heterocycles. The van der Waals surface area contributed by atoms with E-state index in [9.17, 15) is 9.90 Å². The minimum atomic E-state index is -1.34. The monoisotopic (exact) mass is 729 g/mol. The molecule has 1 fully saturated rings. The summed E-state index contributed by atoms with van der Waals surface area (Å²) in [4.78, 5) is 30.5. The Balaban J connectivity index is 1.30. The minimum Gasteiger partial charge on any atom is -0.497 e.